The summed E-state index contributed by atoms with van der Waals surface area (Å²) in [6.07, 6.45) is 5.28. The smallest absolute Gasteiger partial charge is 0.250 e. The molecule has 0 aliphatic heterocycles. The number of allylic oxidation sites excluding steroid dienone is 3. The van der Waals surface area contributed by atoms with Gasteiger partial charge in [0.2, 0.25) is 8.32 Å². The maximum absolute atomic E-state index is 11.8. The molecule has 0 amide bonds. The highest BCUT2D eigenvalue weighted by molar-refractivity contribution is 9.10. The molecule has 0 saturated heterocycles. The van der Waals surface area contributed by atoms with E-state index >= 15 is 0 Å². The second-order valence-electron chi connectivity index (χ2n) is 5.69. The fourth-order valence-corrected chi connectivity index (χ4v) is 5.88. The van der Waals surface area contributed by atoms with Gasteiger partial charge in [0, 0.05) is 10.5 Å². The van der Waals surface area contributed by atoms with Crippen LogP contribution in [-0.2, 0) is 9.22 Å². The normalized spacial score (nSPS) is 18.3. The number of rotatable bonds is 6. The number of ketones is 1. The van der Waals surface area contributed by atoms with Crippen LogP contribution >= 0.6 is 15.9 Å². The average Bonchev–Trinajstić information content (AvgIpc) is 2.53. The molecule has 2 nitrogen and oxygen atoms in total. The van der Waals surface area contributed by atoms with E-state index in [4.69, 9.17) is 4.43 Å². The van der Waals surface area contributed by atoms with Gasteiger partial charge in [-0.3, -0.25) is 4.79 Å². The van der Waals surface area contributed by atoms with Gasteiger partial charge in [-0.1, -0.05) is 54.9 Å². The lowest BCUT2D eigenvalue weighted by Gasteiger charge is -2.33. The van der Waals surface area contributed by atoms with Crippen LogP contribution in [-0.4, -0.2) is 14.1 Å². The zero-order valence-electron chi connectivity index (χ0n) is 13.4. The van der Waals surface area contributed by atoms with Gasteiger partial charge in [-0.25, -0.2) is 0 Å². The molecular formula is C18H23BrO2Si. The Hall–Kier alpha value is -1.13. The first-order chi connectivity index (χ1) is 10.5. The van der Waals surface area contributed by atoms with Crippen LogP contribution in [0.4, 0.5) is 0 Å². The molecule has 1 aliphatic rings. The van der Waals surface area contributed by atoms with Crippen molar-refractivity contribution in [1.29, 1.82) is 0 Å². The first kappa shape index (κ1) is 17.2. The summed E-state index contributed by atoms with van der Waals surface area (Å²) in [6, 6.07) is 11.4. The lowest BCUT2D eigenvalue weighted by Crippen LogP contribution is -2.36. The number of hydrogen-bond donors (Lipinski definition) is 0. The number of benzene rings is 1. The van der Waals surface area contributed by atoms with Crippen LogP contribution in [0.15, 0.2) is 52.7 Å². The van der Waals surface area contributed by atoms with E-state index < -0.39 is 8.32 Å². The fraction of sp³-hybridized carbons (Fsp3) is 0.389. The van der Waals surface area contributed by atoms with E-state index in [-0.39, 0.29) is 11.7 Å². The molecule has 0 spiro atoms. The molecule has 0 saturated carbocycles. The molecule has 0 fully saturated rings. The summed E-state index contributed by atoms with van der Waals surface area (Å²) in [4.78, 5) is 11.8. The molecule has 1 atom stereocenters. The van der Waals surface area contributed by atoms with Crippen molar-refractivity contribution < 1.29 is 9.22 Å². The summed E-state index contributed by atoms with van der Waals surface area (Å²) in [7, 11) is -1.79. The van der Waals surface area contributed by atoms with E-state index in [1.165, 1.54) is 0 Å². The third kappa shape index (κ3) is 3.79. The van der Waals surface area contributed by atoms with Crippen molar-refractivity contribution in [3.05, 3.63) is 58.3 Å². The largest absolute Gasteiger partial charge is 0.546 e. The van der Waals surface area contributed by atoms with E-state index in [1.807, 2.05) is 18.2 Å². The highest BCUT2D eigenvalue weighted by Gasteiger charge is 2.34. The zero-order chi connectivity index (χ0) is 16.2. The number of hydrogen-bond acceptors (Lipinski definition) is 2. The Balaban J connectivity index is 2.35. The predicted molar refractivity (Wildman–Crippen MR) is 97.4 cm³/mol. The summed E-state index contributed by atoms with van der Waals surface area (Å²) >= 11 is 3.52. The molecule has 0 unspecified atom stereocenters. The van der Waals surface area contributed by atoms with Gasteiger partial charge in [0.05, 0.1) is 11.7 Å². The standard InChI is InChI=1S/C18H23BrO2Si/c1-4-22(5-2,6-3)21-18-13-16(20)10-11-17(18)14-8-7-9-15(19)12-14/h7-13,17H,4-6H2,1-3H3/t17-/m0/s1. The van der Waals surface area contributed by atoms with Gasteiger partial charge in [0.1, 0.15) is 0 Å². The van der Waals surface area contributed by atoms with Crippen molar-refractivity contribution in [3.63, 3.8) is 0 Å². The molecule has 0 aromatic heterocycles. The van der Waals surface area contributed by atoms with E-state index in [0.29, 0.717) is 0 Å². The molecule has 118 valence electrons. The van der Waals surface area contributed by atoms with Crippen LogP contribution in [0.2, 0.25) is 18.1 Å². The minimum absolute atomic E-state index is 0.0208. The van der Waals surface area contributed by atoms with E-state index in [9.17, 15) is 4.79 Å². The Morgan fingerprint density at radius 3 is 2.45 bits per heavy atom. The van der Waals surface area contributed by atoms with Crippen LogP contribution in [0.3, 0.4) is 0 Å². The third-order valence-electron chi connectivity index (χ3n) is 4.52. The van der Waals surface area contributed by atoms with Crippen molar-refractivity contribution in [2.45, 2.75) is 44.8 Å². The molecule has 1 aliphatic carbocycles. The number of carbonyl (C=O) groups is 1. The maximum Gasteiger partial charge on any atom is 0.250 e. The molecule has 4 heteroatoms. The Morgan fingerprint density at radius 1 is 1.18 bits per heavy atom. The highest BCUT2D eigenvalue weighted by Crippen LogP contribution is 2.35. The molecule has 0 heterocycles. The average molecular weight is 379 g/mol. The monoisotopic (exact) mass is 378 g/mol. The minimum Gasteiger partial charge on any atom is -0.546 e. The molecule has 0 bridgehead atoms. The molecule has 2 rings (SSSR count). The molecule has 1 aromatic rings. The van der Waals surface area contributed by atoms with Crippen molar-refractivity contribution in [3.8, 4) is 0 Å². The Morgan fingerprint density at radius 2 is 1.86 bits per heavy atom. The second kappa shape index (κ2) is 7.42. The Labute approximate surface area is 142 Å². The molecule has 1 aromatic carbocycles. The van der Waals surface area contributed by atoms with Gasteiger partial charge in [0.15, 0.2) is 5.78 Å². The summed E-state index contributed by atoms with van der Waals surface area (Å²) in [5.41, 5.74) is 1.15. The molecule has 0 radical (unpaired) electrons. The van der Waals surface area contributed by atoms with Gasteiger partial charge >= 0.3 is 0 Å². The minimum atomic E-state index is -1.79. The van der Waals surface area contributed by atoms with Crippen LogP contribution < -0.4 is 0 Å². The van der Waals surface area contributed by atoms with Gasteiger partial charge in [-0.2, -0.15) is 0 Å². The van der Waals surface area contributed by atoms with E-state index in [1.54, 1.807) is 12.2 Å². The summed E-state index contributed by atoms with van der Waals surface area (Å²) in [6.45, 7) is 6.61. The van der Waals surface area contributed by atoms with Crippen LogP contribution in [0.5, 0.6) is 0 Å². The van der Waals surface area contributed by atoms with Gasteiger partial charge < -0.3 is 4.43 Å². The van der Waals surface area contributed by atoms with Crippen LogP contribution in [0, 0.1) is 0 Å². The zero-order valence-corrected chi connectivity index (χ0v) is 16.0. The summed E-state index contributed by atoms with van der Waals surface area (Å²) < 4.78 is 7.56. The van der Waals surface area contributed by atoms with Gasteiger partial charge in [-0.05, 0) is 41.9 Å². The van der Waals surface area contributed by atoms with Crippen molar-refractivity contribution in [2.24, 2.45) is 0 Å². The number of halogens is 1. The van der Waals surface area contributed by atoms with Crippen LogP contribution in [0.1, 0.15) is 32.3 Å². The SMILES string of the molecule is CC[Si](CC)(CC)OC1=CC(=O)C=C[C@H]1c1cccc(Br)c1. The van der Waals surface area contributed by atoms with Crippen molar-refractivity contribution >= 4 is 30.0 Å². The first-order valence-electron chi connectivity index (χ1n) is 7.91. The van der Waals surface area contributed by atoms with Crippen molar-refractivity contribution in [1.82, 2.24) is 0 Å². The lowest BCUT2D eigenvalue weighted by atomic mass is 9.93. The Kier molecular flexibility index (Phi) is 5.81. The van der Waals surface area contributed by atoms with E-state index in [2.05, 4.69) is 48.8 Å². The molecule has 22 heavy (non-hydrogen) atoms. The van der Waals surface area contributed by atoms with Gasteiger partial charge in [-0.15, -0.1) is 0 Å². The third-order valence-corrected chi connectivity index (χ3v) is 9.55. The summed E-state index contributed by atoms with van der Waals surface area (Å²) in [5, 5.41) is 0. The molecular weight excluding hydrogens is 356 g/mol. The fourth-order valence-electron chi connectivity index (χ4n) is 2.85. The van der Waals surface area contributed by atoms with Gasteiger partial charge in [0.25, 0.3) is 0 Å². The Bertz CT molecular complexity index is 595. The van der Waals surface area contributed by atoms with Crippen molar-refractivity contribution in [2.75, 3.05) is 0 Å². The van der Waals surface area contributed by atoms with Crippen LogP contribution in [0.25, 0.3) is 0 Å². The quantitative estimate of drug-likeness (QED) is 0.604. The molecule has 0 N–H and O–H groups in total. The second-order valence-corrected chi connectivity index (χ2v) is 11.3. The number of carbonyl (C=O) groups excluding carboxylic acids is 1. The predicted octanol–water partition coefficient (Wildman–Crippen LogP) is 5.58. The summed E-state index contributed by atoms with van der Waals surface area (Å²) in [5.74, 6) is 0.877. The topological polar surface area (TPSA) is 26.3 Å². The first-order valence-corrected chi connectivity index (χ1v) is 11.2. The highest BCUT2D eigenvalue weighted by atomic mass is 79.9. The van der Waals surface area contributed by atoms with E-state index in [0.717, 1.165) is 33.9 Å². The maximum atomic E-state index is 11.8. The lowest BCUT2D eigenvalue weighted by molar-refractivity contribution is -0.110.